The summed E-state index contributed by atoms with van der Waals surface area (Å²) in [6.07, 6.45) is 1.87. The Morgan fingerprint density at radius 3 is 2.47 bits per heavy atom. The number of ether oxygens (including phenoxy) is 2. The third kappa shape index (κ3) is 6.25. The number of carbonyl (C=O) groups is 1. The van der Waals surface area contributed by atoms with Crippen LogP contribution in [-0.4, -0.2) is 28.7 Å². The van der Waals surface area contributed by atoms with E-state index in [4.69, 9.17) is 14.5 Å². The molecule has 0 saturated heterocycles. The largest absolute Gasteiger partial charge is 0.493 e. The molecular formula is C30H35N3O3. The Morgan fingerprint density at radius 2 is 1.67 bits per heavy atom. The van der Waals surface area contributed by atoms with Gasteiger partial charge in [-0.3, -0.25) is 4.79 Å². The van der Waals surface area contributed by atoms with Crippen LogP contribution in [0.5, 0.6) is 11.5 Å². The van der Waals surface area contributed by atoms with Gasteiger partial charge in [-0.2, -0.15) is 0 Å². The molecule has 4 rings (SSSR count). The van der Waals surface area contributed by atoms with Crippen molar-refractivity contribution in [3.8, 4) is 11.5 Å². The third-order valence-electron chi connectivity index (χ3n) is 6.31. The molecule has 1 aromatic heterocycles. The van der Waals surface area contributed by atoms with Gasteiger partial charge in [0, 0.05) is 6.54 Å². The number of nitrogens with zero attached hydrogens (tertiary/aromatic N) is 2. The van der Waals surface area contributed by atoms with E-state index in [2.05, 4.69) is 48.0 Å². The molecule has 0 fully saturated rings. The highest BCUT2D eigenvalue weighted by atomic mass is 16.5. The second-order valence-electron chi connectivity index (χ2n) is 9.28. The van der Waals surface area contributed by atoms with Gasteiger partial charge in [0.1, 0.15) is 17.3 Å². The number of aromatic nitrogens is 2. The molecule has 0 radical (unpaired) electrons. The van der Waals surface area contributed by atoms with Gasteiger partial charge >= 0.3 is 0 Å². The highest BCUT2D eigenvalue weighted by Crippen LogP contribution is 2.23. The number of aryl methyl sites for hydroxylation is 5. The van der Waals surface area contributed by atoms with E-state index in [9.17, 15) is 4.79 Å². The van der Waals surface area contributed by atoms with Crippen LogP contribution in [0.25, 0.3) is 11.0 Å². The zero-order valence-corrected chi connectivity index (χ0v) is 21.6. The molecule has 36 heavy (non-hydrogen) atoms. The van der Waals surface area contributed by atoms with Gasteiger partial charge in [-0.05, 0) is 81.0 Å². The first kappa shape index (κ1) is 25.3. The molecule has 0 spiro atoms. The molecule has 6 nitrogen and oxygen atoms in total. The van der Waals surface area contributed by atoms with E-state index in [0.29, 0.717) is 13.2 Å². The topological polar surface area (TPSA) is 65.4 Å². The molecule has 0 atom stereocenters. The van der Waals surface area contributed by atoms with Crippen LogP contribution in [0.3, 0.4) is 0 Å². The molecule has 1 N–H and O–H groups in total. The predicted octanol–water partition coefficient (Wildman–Crippen LogP) is 5.82. The number of para-hydroxylation sites is 3. The van der Waals surface area contributed by atoms with E-state index >= 15 is 0 Å². The van der Waals surface area contributed by atoms with E-state index in [0.717, 1.165) is 70.0 Å². The summed E-state index contributed by atoms with van der Waals surface area (Å²) in [4.78, 5) is 17.3. The summed E-state index contributed by atoms with van der Waals surface area (Å²) in [5.74, 6) is 2.39. The summed E-state index contributed by atoms with van der Waals surface area (Å²) in [7, 11) is 0. The lowest BCUT2D eigenvalue weighted by molar-refractivity contribution is -0.123. The molecule has 0 aliphatic carbocycles. The van der Waals surface area contributed by atoms with Crippen molar-refractivity contribution in [3.05, 3.63) is 88.7 Å². The highest BCUT2D eigenvalue weighted by molar-refractivity contribution is 5.78. The Kier molecular flexibility index (Phi) is 8.26. The molecule has 6 heteroatoms. The monoisotopic (exact) mass is 485 g/mol. The second kappa shape index (κ2) is 11.8. The number of amides is 1. The first-order valence-electron chi connectivity index (χ1n) is 12.5. The molecule has 1 amide bonds. The van der Waals surface area contributed by atoms with E-state index in [1.165, 1.54) is 0 Å². The lowest BCUT2D eigenvalue weighted by atomic mass is 10.1. The number of hydrogen-bond donors (Lipinski definition) is 1. The minimum absolute atomic E-state index is 0.0276. The molecule has 4 aromatic rings. The van der Waals surface area contributed by atoms with Crippen LogP contribution in [0, 0.1) is 27.7 Å². The quantitative estimate of drug-likeness (QED) is 0.272. The second-order valence-corrected chi connectivity index (χ2v) is 9.28. The van der Waals surface area contributed by atoms with Crippen molar-refractivity contribution in [2.75, 3.05) is 13.2 Å². The fourth-order valence-electron chi connectivity index (χ4n) is 4.32. The Labute approximate surface area is 213 Å². The maximum absolute atomic E-state index is 12.5. The highest BCUT2D eigenvalue weighted by Gasteiger charge is 2.12. The number of unbranched alkanes of at least 4 members (excludes halogenated alkanes) is 1. The fourth-order valence-corrected chi connectivity index (χ4v) is 4.32. The summed E-state index contributed by atoms with van der Waals surface area (Å²) in [6, 6.07) is 20.3. The van der Waals surface area contributed by atoms with Crippen molar-refractivity contribution >= 4 is 16.9 Å². The molecule has 0 bridgehead atoms. The number of benzene rings is 3. The molecule has 1 heterocycles. The first-order chi connectivity index (χ1) is 17.4. The Hall–Kier alpha value is -3.80. The summed E-state index contributed by atoms with van der Waals surface area (Å²) in [5.41, 5.74) is 6.44. The lowest BCUT2D eigenvalue weighted by Crippen LogP contribution is -2.29. The van der Waals surface area contributed by atoms with Gasteiger partial charge in [0.2, 0.25) is 0 Å². The minimum Gasteiger partial charge on any atom is -0.493 e. The maximum Gasteiger partial charge on any atom is 0.258 e. The van der Waals surface area contributed by atoms with Crippen LogP contribution >= 0.6 is 0 Å². The van der Waals surface area contributed by atoms with Crippen molar-refractivity contribution < 1.29 is 14.3 Å². The fraction of sp³-hybridized carbons (Fsp3) is 0.333. The number of nitrogens with one attached hydrogen (secondary N) is 1. The van der Waals surface area contributed by atoms with E-state index < -0.39 is 0 Å². The van der Waals surface area contributed by atoms with Crippen LogP contribution in [0.2, 0.25) is 0 Å². The van der Waals surface area contributed by atoms with Crippen molar-refractivity contribution in [2.45, 2.75) is 53.6 Å². The predicted molar refractivity (Wildman–Crippen MR) is 144 cm³/mol. The van der Waals surface area contributed by atoms with Crippen molar-refractivity contribution in [2.24, 2.45) is 0 Å². The molecule has 0 unspecified atom stereocenters. The maximum atomic E-state index is 12.5. The van der Waals surface area contributed by atoms with Crippen LogP contribution in [0.15, 0.2) is 60.7 Å². The SMILES string of the molecule is Cc1ccc(C)c(OCC(=O)NCc2nc3ccccc3n2CCCCOc2c(C)cccc2C)c1. The molecule has 0 aliphatic rings. The number of rotatable bonds is 11. The number of imidazole rings is 1. The summed E-state index contributed by atoms with van der Waals surface area (Å²) >= 11 is 0. The summed E-state index contributed by atoms with van der Waals surface area (Å²) in [5, 5.41) is 2.97. The summed E-state index contributed by atoms with van der Waals surface area (Å²) < 4.78 is 14.0. The van der Waals surface area contributed by atoms with Gasteiger partial charge in [-0.25, -0.2) is 4.98 Å². The third-order valence-corrected chi connectivity index (χ3v) is 6.31. The number of fused-ring (bicyclic) bond motifs is 1. The smallest absolute Gasteiger partial charge is 0.258 e. The van der Waals surface area contributed by atoms with E-state index in [-0.39, 0.29) is 12.5 Å². The minimum atomic E-state index is -0.170. The Morgan fingerprint density at radius 1 is 0.889 bits per heavy atom. The summed E-state index contributed by atoms with van der Waals surface area (Å²) in [6.45, 7) is 9.93. The standard InChI is InChI=1S/C30H35N3O3/c1-21-14-15-22(2)27(18-21)36-20-29(34)31-19-28-32-25-12-5-6-13-26(25)33(28)16-7-8-17-35-30-23(3)10-9-11-24(30)4/h5-6,9-15,18H,7-8,16-17,19-20H2,1-4H3,(H,31,34). The molecule has 0 saturated carbocycles. The van der Waals surface area contributed by atoms with Gasteiger partial charge in [-0.1, -0.05) is 42.5 Å². The van der Waals surface area contributed by atoms with Crippen molar-refractivity contribution in [1.29, 1.82) is 0 Å². The van der Waals surface area contributed by atoms with Crippen LogP contribution in [-0.2, 0) is 17.9 Å². The van der Waals surface area contributed by atoms with Crippen molar-refractivity contribution in [3.63, 3.8) is 0 Å². The van der Waals surface area contributed by atoms with Gasteiger partial charge in [0.25, 0.3) is 5.91 Å². The van der Waals surface area contributed by atoms with E-state index in [1.807, 2.05) is 50.2 Å². The lowest BCUT2D eigenvalue weighted by Gasteiger charge is -2.13. The van der Waals surface area contributed by atoms with Gasteiger partial charge < -0.3 is 19.4 Å². The molecular weight excluding hydrogens is 450 g/mol. The number of carbonyl (C=O) groups excluding carboxylic acids is 1. The van der Waals surface area contributed by atoms with Crippen LogP contribution in [0.1, 0.15) is 40.9 Å². The van der Waals surface area contributed by atoms with Crippen molar-refractivity contribution in [1.82, 2.24) is 14.9 Å². The van der Waals surface area contributed by atoms with Gasteiger partial charge in [0.05, 0.1) is 24.2 Å². The Bertz CT molecular complexity index is 1320. The molecule has 188 valence electrons. The van der Waals surface area contributed by atoms with E-state index in [1.54, 1.807) is 0 Å². The molecule has 3 aromatic carbocycles. The van der Waals surface area contributed by atoms with Crippen LogP contribution in [0.4, 0.5) is 0 Å². The molecule has 0 aliphatic heterocycles. The van der Waals surface area contributed by atoms with Gasteiger partial charge in [-0.15, -0.1) is 0 Å². The first-order valence-corrected chi connectivity index (χ1v) is 12.5. The Balaban J connectivity index is 1.33. The zero-order chi connectivity index (χ0) is 25.5. The average molecular weight is 486 g/mol. The average Bonchev–Trinajstić information content (AvgIpc) is 3.22. The number of hydrogen-bond acceptors (Lipinski definition) is 4. The van der Waals surface area contributed by atoms with Crippen LogP contribution < -0.4 is 14.8 Å². The normalized spacial score (nSPS) is 11.0. The van der Waals surface area contributed by atoms with Gasteiger partial charge in [0.15, 0.2) is 6.61 Å². The zero-order valence-electron chi connectivity index (χ0n) is 21.6.